The molecule has 3 heteroatoms. The topological polar surface area (TPSA) is 40.5 Å². The molecule has 0 amide bonds. The van der Waals surface area contributed by atoms with Gasteiger partial charge in [-0.25, -0.2) is 0 Å². The second-order valence-corrected chi connectivity index (χ2v) is 6.17. The first kappa shape index (κ1) is 15.0. The molecule has 1 fully saturated rings. The lowest BCUT2D eigenvalue weighted by molar-refractivity contribution is -0.143. The highest BCUT2D eigenvalue weighted by molar-refractivity contribution is 5.70. The molecule has 1 aromatic rings. The van der Waals surface area contributed by atoms with E-state index in [2.05, 4.69) is 49.1 Å². The molecule has 0 bridgehead atoms. The maximum atomic E-state index is 11.0. The minimum atomic E-state index is -0.631. The molecule has 1 atom stereocenters. The van der Waals surface area contributed by atoms with Crippen molar-refractivity contribution in [2.24, 2.45) is 11.8 Å². The van der Waals surface area contributed by atoms with Crippen molar-refractivity contribution >= 4 is 5.97 Å². The van der Waals surface area contributed by atoms with Gasteiger partial charge in [0.15, 0.2) is 0 Å². The minimum absolute atomic E-state index is 0.138. The van der Waals surface area contributed by atoms with Gasteiger partial charge in [0.2, 0.25) is 0 Å². The first-order valence-electron chi connectivity index (χ1n) is 7.58. The van der Waals surface area contributed by atoms with Crippen LogP contribution in [0.15, 0.2) is 30.3 Å². The standard InChI is InChI=1S/C17H25NO2/c1-13(2)16(14-6-4-3-5-7-14)12-18-10-8-15(9-11-18)17(19)20/h3-7,13,15-16H,8-12H2,1-2H3,(H,19,20). The zero-order valence-corrected chi connectivity index (χ0v) is 12.5. The average Bonchev–Trinajstić information content (AvgIpc) is 2.46. The molecule has 1 N–H and O–H groups in total. The third kappa shape index (κ3) is 3.83. The summed E-state index contributed by atoms with van der Waals surface area (Å²) in [4.78, 5) is 13.4. The van der Waals surface area contributed by atoms with Crippen molar-refractivity contribution in [3.63, 3.8) is 0 Å². The van der Waals surface area contributed by atoms with Crippen LogP contribution in [0.3, 0.4) is 0 Å². The summed E-state index contributed by atoms with van der Waals surface area (Å²) in [5.41, 5.74) is 1.39. The Morgan fingerprint density at radius 1 is 1.25 bits per heavy atom. The molecule has 0 aromatic heterocycles. The van der Waals surface area contributed by atoms with E-state index in [0.29, 0.717) is 11.8 Å². The number of benzene rings is 1. The van der Waals surface area contributed by atoms with Crippen molar-refractivity contribution in [1.82, 2.24) is 4.90 Å². The lowest BCUT2D eigenvalue weighted by atomic mass is 9.87. The molecule has 110 valence electrons. The van der Waals surface area contributed by atoms with Gasteiger partial charge in [-0.2, -0.15) is 0 Å². The van der Waals surface area contributed by atoms with Gasteiger partial charge in [0.05, 0.1) is 5.92 Å². The predicted octanol–water partition coefficient (Wildman–Crippen LogP) is 3.22. The van der Waals surface area contributed by atoms with Gasteiger partial charge in [0.25, 0.3) is 0 Å². The molecule has 1 heterocycles. The molecular formula is C17H25NO2. The number of carboxylic acids is 1. The Morgan fingerprint density at radius 2 is 1.85 bits per heavy atom. The van der Waals surface area contributed by atoms with E-state index in [1.165, 1.54) is 5.56 Å². The lowest BCUT2D eigenvalue weighted by Crippen LogP contribution is -2.39. The van der Waals surface area contributed by atoms with Crippen LogP contribution in [0.4, 0.5) is 0 Å². The lowest BCUT2D eigenvalue weighted by Gasteiger charge is -2.34. The van der Waals surface area contributed by atoms with Gasteiger partial charge in [0.1, 0.15) is 0 Å². The summed E-state index contributed by atoms with van der Waals surface area (Å²) in [7, 11) is 0. The summed E-state index contributed by atoms with van der Waals surface area (Å²) in [5, 5.41) is 9.05. The fraction of sp³-hybridized carbons (Fsp3) is 0.588. The molecule has 3 nitrogen and oxygen atoms in total. The molecule has 0 saturated carbocycles. The fourth-order valence-corrected chi connectivity index (χ4v) is 3.04. The fourth-order valence-electron chi connectivity index (χ4n) is 3.04. The molecular weight excluding hydrogens is 250 g/mol. The third-order valence-electron chi connectivity index (χ3n) is 4.42. The summed E-state index contributed by atoms with van der Waals surface area (Å²) in [6.07, 6.45) is 1.57. The smallest absolute Gasteiger partial charge is 0.306 e. The molecule has 0 aliphatic carbocycles. The minimum Gasteiger partial charge on any atom is -0.481 e. The van der Waals surface area contributed by atoms with Crippen LogP contribution in [0.2, 0.25) is 0 Å². The average molecular weight is 275 g/mol. The molecule has 0 spiro atoms. The van der Waals surface area contributed by atoms with E-state index in [4.69, 9.17) is 5.11 Å². The Hall–Kier alpha value is -1.35. The maximum absolute atomic E-state index is 11.0. The van der Waals surface area contributed by atoms with Gasteiger partial charge >= 0.3 is 5.97 Å². The van der Waals surface area contributed by atoms with E-state index >= 15 is 0 Å². The van der Waals surface area contributed by atoms with E-state index in [9.17, 15) is 4.79 Å². The van der Waals surface area contributed by atoms with Crippen LogP contribution in [-0.2, 0) is 4.79 Å². The predicted molar refractivity (Wildman–Crippen MR) is 80.8 cm³/mol. The zero-order valence-electron chi connectivity index (χ0n) is 12.5. The zero-order chi connectivity index (χ0) is 14.5. The molecule has 1 saturated heterocycles. The van der Waals surface area contributed by atoms with Gasteiger partial charge in [0, 0.05) is 6.54 Å². The summed E-state index contributed by atoms with van der Waals surface area (Å²) >= 11 is 0. The van der Waals surface area contributed by atoms with Gasteiger partial charge in [-0.05, 0) is 43.3 Å². The number of aliphatic carboxylic acids is 1. The molecule has 1 aliphatic heterocycles. The molecule has 20 heavy (non-hydrogen) atoms. The van der Waals surface area contributed by atoms with Crippen molar-refractivity contribution in [2.75, 3.05) is 19.6 Å². The number of hydrogen-bond donors (Lipinski definition) is 1. The van der Waals surface area contributed by atoms with Crippen LogP contribution in [0.25, 0.3) is 0 Å². The quantitative estimate of drug-likeness (QED) is 0.897. The van der Waals surface area contributed by atoms with Crippen molar-refractivity contribution in [2.45, 2.75) is 32.6 Å². The van der Waals surface area contributed by atoms with Gasteiger partial charge in [-0.15, -0.1) is 0 Å². The monoisotopic (exact) mass is 275 g/mol. The van der Waals surface area contributed by atoms with E-state index in [1.54, 1.807) is 0 Å². The highest BCUT2D eigenvalue weighted by Gasteiger charge is 2.27. The molecule has 0 radical (unpaired) electrons. The summed E-state index contributed by atoms with van der Waals surface area (Å²) in [6.45, 7) is 7.39. The number of carboxylic acid groups (broad SMARTS) is 1. The number of hydrogen-bond acceptors (Lipinski definition) is 2. The maximum Gasteiger partial charge on any atom is 0.306 e. The Morgan fingerprint density at radius 3 is 2.35 bits per heavy atom. The highest BCUT2D eigenvalue weighted by atomic mass is 16.4. The molecule has 2 rings (SSSR count). The van der Waals surface area contributed by atoms with Crippen molar-refractivity contribution in [3.8, 4) is 0 Å². The molecule has 1 unspecified atom stereocenters. The summed E-state index contributed by atoms with van der Waals surface area (Å²) in [5.74, 6) is 0.348. The number of piperidine rings is 1. The second kappa shape index (κ2) is 6.89. The van der Waals surface area contributed by atoms with E-state index in [1.807, 2.05) is 0 Å². The number of nitrogens with zero attached hydrogens (tertiary/aromatic N) is 1. The van der Waals surface area contributed by atoms with Crippen LogP contribution in [-0.4, -0.2) is 35.6 Å². The first-order chi connectivity index (χ1) is 9.58. The van der Waals surface area contributed by atoms with Crippen LogP contribution in [0, 0.1) is 11.8 Å². The first-order valence-corrected chi connectivity index (χ1v) is 7.58. The Kier molecular flexibility index (Phi) is 5.18. The van der Waals surface area contributed by atoms with Crippen LogP contribution in [0.1, 0.15) is 38.2 Å². The van der Waals surface area contributed by atoms with Gasteiger partial charge in [-0.3, -0.25) is 4.79 Å². The van der Waals surface area contributed by atoms with E-state index < -0.39 is 5.97 Å². The molecule has 1 aromatic carbocycles. The van der Waals surface area contributed by atoms with E-state index in [-0.39, 0.29) is 5.92 Å². The Balaban J connectivity index is 1.95. The van der Waals surface area contributed by atoms with Gasteiger partial charge in [-0.1, -0.05) is 44.2 Å². The second-order valence-electron chi connectivity index (χ2n) is 6.17. The highest BCUT2D eigenvalue weighted by Crippen LogP contribution is 2.27. The van der Waals surface area contributed by atoms with Crippen LogP contribution >= 0.6 is 0 Å². The third-order valence-corrected chi connectivity index (χ3v) is 4.42. The van der Waals surface area contributed by atoms with Crippen molar-refractivity contribution in [3.05, 3.63) is 35.9 Å². The van der Waals surface area contributed by atoms with Crippen LogP contribution < -0.4 is 0 Å². The number of rotatable bonds is 5. The van der Waals surface area contributed by atoms with Crippen molar-refractivity contribution in [1.29, 1.82) is 0 Å². The number of likely N-dealkylation sites (tertiary alicyclic amines) is 1. The number of carbonyl (C=O) groups is 1. The summed E-state index contributed by atoms with van der Waals surface area (Å²) < 4.78 is 0. The Labute approximate surface area is 121 Å². The SMILES string of the molecule is CC(C)C(CN1CCC(C(=O)O)CC1)c1ccccc1. The Bertz CT molecular complexity index is 422. The largest absolute Gasteiger partial charge is 0.481 e. The summed E-state index contributed by atoms with van der Waals surface area (Å²) in [6, 6.07) is 10.7. The van der Waals surface area contributed by atoms with Crippen molar-refractivity contribution < 1.29 is 9.90 Å². The van der Waals surface area contributed by atoms with E-state index in [0.717, 1.165) is 32.5 Å². The van der Waals surface area contributed by atoms with Gasteiger partial charge < -0.3 is 10.0 Å². The van der Waals surface area contributed by atoms with Crippen LogP contribution in [0.5, 0.6) is 0 Å². The molecule has 1 aliphatic rings. The normalized spacial score (nSPS) is 19.1.